The van der Waals surface area contributed by atoms with Crippen LogP contribution in [0, 0.1) is 11.3 Å². The molecule has 1 fully saturated rings. The lowest BCUT2D eigenvalue weighted by Crippen LogP contribution is -2.51. The maximum atomic E-state index is 12.5. The van der Waals surface area contributed by atoms with Gasteiger partial charge in [-0.05, 0) is 51.3 Å². The molecule has 2 rings (SSSR count). The summed E-state index contributed by atoms with van der Waals surface area (Å²) in [6.45, 7) is 4.19. The molecule has 2 atom stereocenters. The first-order chi connectivity index (χ1) is 10.8. The van der Waals surface area contributed by atoms with Crippen molar-refractivity contribution in [3.05, 3.63) is 29.8 Å². The molecule has 23 heavy (non-hydrogen) atoms. The van der Waals surface area contributed by atoms with Crippen LogP contribution >= 0.6 is 0 Å². The third kappa shape index (κ3) is 4.09. The predicted octanol–water partition coefficient (Wildman–Crippen LogP) is 1.63. The number of nitrogens with zero attached hydrogens (tertiary/aromatic N) is 2. The molecule has 0 unspecified atom stereocenters. The molecule has 1 aromatic rings. The van der Waals surface area contributed by atoms with Gasteiger partial charge in [-0.1, -0.05) is 6.07 Å². The van der Waals surface area contributed by atoms with Crippen molar-refractivity contribution >= 4 is 15.9 Å². The summed E-state index contributed by atoms with van der Waals surface area (Å²) >= 11 is 0. The fourth-order valence-corrected chi connectivity index (χ4v) is 4.00. The topological polar surface area (TPSA) is 90.3 Å². The number of carbonyl (C=O) groups is 1. The number of sulfonamides is 1. The van der Waals surface area contributed by atoms with E-state index in [2.05, 4.69) is 4.72 Å². The molecule has 0 aliphatic carbocycles. The summed E-state index contributed by atoms with van der Waals surface area (Å²) in [5.41, 5.74) is 0.261. The Morgan fingerprint density at radius 2 is 2.17 bits per heavy atom. The van der Waals surface area contributed by atoms with E-state index in [4.69, 9.17) is 5.26 Å². The molecule has 0 aromatic heterocycles. The summed E-state index contributed by atoms with van der Waals surface area (Å²) in [5, 5.41) is 8.87. The van der Waals surface area contributed by atoms with Gasteiger partial charge in [-0.25, -0.2) is 8.42 Å². The SMILES string of the molecule is C[C@H](NS(=O)(=O)c1cccc(C#N)c1)C(=O)N1CCCC[C@H]1C. The summed E-state index contributed by atoms with van der Waals surface area (Å²) in [6.07, 6.45) is 2.97. The number of carbonyl (C=O) groups excluding carboxylic acids is 1. The highest BCUT2D eigenvalue weighted by Gasteiger charge is 2.29. The predicted molar refractivity (Wildman–Crippen MR) is 86.0 cm³/mol. The average molecular weight is 335 g/mol. The highest BCUT2D eigenvalue weighted by molar-refractivity contribution is 7.89. The number of hydrogen-bond acceptors (Lipinski definition) is 4. The number of nitriles is 1. The van der Waals surface area contributed by atoms with Crippen molar-refractivity contribution in [2.45, 2.75) is 50.1 Å². The molecule has 1 saturated heterocycles. The Balaban J connectivity index is 2.13. The zero-order valence-corrected chi connectivity index (χ0v) is 14.1. The first-order valence-electron chi connectivity index (χ1n) is 7.68. The van der Waals surface area contributed by atoms with Crippen LogP contribution in [0.3, 0.4) is 0 Å². The molecule has 0 saturated carbocycles. The molecule has 1 amide bonds. The molecule has 0 bridgehead atoms. The summed E-state index contributed by atoms with van der Waals surface area (Å²) in [7, 11) is -3.84. The highest BCUT2D eigenvalue weighted by Crippen LogP contribution is 2.18. The van der Waals surface area contributed by atoms with Gasteiger partial charge in [-0.15, -0.1) is 0 Å². The van der Waals surface area contributed by atoms with E-state index in [0.29, 0.717) is 6.54 Å². The first-order valence-corrected chi connectivity index (χ1v) is 9.16. The van der Waals surface area contributed by atoms with E-state index in [0.717, 1.165) is 19.3 Å². The van der Waals surface area contributed by atoms with Gasteiger partial charge < -0.3 is 4.90 Å². The molecule has 1 heterocycles. The minimum absolute atomic E-state index is 0.0112. The molecule has 1 N–H and O–H groups in total. The van der Waals surface area contributed by atoms with E-state index >= 15 is 0 Å². The zero-order chi connectivity index (χ0) is 17.0. The maximum Gasteiger partial charge on any atom is 0.241 e. The standard InChI is InChI=1S/C16H21N3O3S/c1-12-6-3-4-9-19(12)16(20)13(2)18-23(21,22)15-8-5-7-14(10-15)11-17/h5,7-8,10,12-13,18H,3-4,6,9H2,1-2H3/t12-,13+/m1/s1. The minimum Gasteiger partial charge on any atom is -0.339 e. The summed E-state index contributed by atoms with van der Waals surface area (Å²) in [6, 6.07) is 6.93. The Morgan fingerprint density at radius 3 is 2.83 bits per heavy atom. The van der Waals surface area contributed by atoms with Crippen LogP contribution in [0.1, 0.15) is 38.7 Å². The van der Waals surface area contributed by atoms with E-state index in [1.165, 1.54) is 24.3 Å². The van der Waals surface area contributed by atoms with E-state index in [1.54, 1.807) is 11.8 Å². The van der Waals surface area contributed by atoms with Gasteiger partial charge in [0.25, 0.3) is 0 Å². The molecule has 1 aliphatic rings. The molecule has 0 spiro atoms. The Hall–Kier alpha value is -1.91. The van der Waals surface area contributed by atoms with Crippen LogP contribution in [-0.2, 0) is 14.8 Å². The second-order valence-corrected chi connectivity index (χ2v) is 7.57. The van der Waals surface area contributed by atoms with E-state index < -0.39 is 16.1 Å². The molecular weight excluding hydrogens is 314 g/mol. The van der Waals surface area contributed by atoms with Gasteiger partial charge in [0.15, 0.2) is 0 Å². The van der Waals surface area contributed by atoms with Crippen LogP contribution in [0.15, 0.2) is 29.2 Å². The lowest BCUT2D eigenvalue weighted by Gasteiger charge is -2.35. The number of amides is 1. The quantitative estimate of drug-likeness (QED) is 0.905. The zero-order valence-electron chi connectivity index (χ0n) is 13.3. The van der Waals surface area contributed by atoms with Crippen molar-refractivity contribution in [2.24, 2.45) is 0 Å². The van der Waals surface area contributed by atoms with Gasteiger partial charge in [0.05, 0.1) is 22.6 Å². The summed E-state index contributed by atoms with van der Waals surface area (Å²) < 4.78 is 27.2. The normalized spacial score (nSPS) is 19.9. The molecule has 124 valence electrons. The van der Waals surface area contributed by atoms with E-state index in [9.17, 15) is 13.2 Å². The van der Waals surface area contributed by atoms with Gasteiger partial charge in [0.1, 0.15) is 0 Å². The largest absolute Gasteiger partial charge is 0.339 e. The highest BCUT2D eigenvalue weighted by atomic mass is 32.2. The van der Waals surface area contributed by atoms with Gasteiger partial charge in [0, 0.05) is 12.6 Å². The smallest absolute Gasteiger partial charge is 0.241 e. The van der Waals surface area contributed by atoms with Crippen LogP contribution in [0.2, 0.25) is 0 Å². The van der Waals surface area contributed by atoms with Crippen molar-refractivity contribution in [1.82, 2.24) is 9.62 Å². The van der Waals surface area contributed by atoms with Crippen molar-refractivity contribution in [1.29, 1.82) is 5.26 Å². The number of likely N-dealkylation sites (tertiary alicyclic amines) is 1. The monoisotopic (exact) mass is 335 g/mol. The van der Waals surface area contributed by atoms with Crippen LogP contribution in [0.4, 0.5) is 0 Å². The van der Waals surface area contributed by atoms with E-state index in [1.807, 2.05) is 13.0 Å². The third-order valence-electron chi connectivity index (χ3n) is 4.06. The van der Waals surface area contributed by atoms with Crippen molar-refractivity contribution in [3.63, 3.8) is 0 Å². The van der Waals surface area contributed by atoms with Crippen LogP contribution < -0.4 is 4.72 Å². The molecule has 0 radical (unpaired) electrons. The fraction of sp³-hybridized carbons (Fsp3) is 0.500. The Bertz CT molecular complexity index is 724. The summed E-state index contributed by atoms with van der Waals surface area (Å²) in [5.74, 6) is -0.211. The van der Waals surface area contributed by atoms with Gasteiger partial charge in [-0.3, -0.25) is 4.79 Å². The average Bonchev–Trinajstić information content (AvgIpc) is 2.54. The Morgan fingerprint density at radius 1 is 1.43 bits per heavy atom. The molecular formula is C16H21N3O3S. The van der Waals surface area contributed by atoms with Crippen molar-refractivity contribution < 1.29 is 13.2 Å². The number of rotatable bonds is 4. The number of piperidine rings is 1. The third-order valence-corrected chi connectivity index (χ3v) is 5.60. The Labute approximate surface area is 137 Å². The molecule has 1 aliphatic heterocycles. The fourth-order valence-electron chi connectivity index (χ4n) is 2.76. The maximum absolute atomic E-state index is 12.5. The molecule has 6 nitrogen and oxygen atoms in total. The van der Waals surface area contributed by atoms with Crippen molar-refractivity contribution in [3.8, 4) is 6.07 Å². The first kappa shape index (κ1) is 17.4. The van der Waals surface area contributed by atoms with Crippen LogP contribution in [0.5, 0.6) is 0 Å². The van der Waals surface area contributed by atoms with Crippen LogP contribution in [0.25, 0.3) is 0 Å². The Kier molecular flexibility index (Phi) is 5.39. The van der Waals surface area contributed by atoms with E-state index in [-0.39, 0.29) is 22.4 Å². The number of benzene rings is 1. The second kappa shape index (κ2) is 7.11. The number of nitrogens with one attached hydrogen (secondary N) is 1. The minimum atomic E-state index is -3.84. The molecule has 1 aromatic carbocycles. The second-order valence-electron chi connectivity index (χ2n) is 5.86. The van der Waals surface area contributed by atoms with Gasteiger partial charge >= 0.3 is 0 Å². The van der Waals surface area contributed by atoms with Gasteiger partial charge in [0.2, 0.25) is 15.9 Å². The summed E-state index contributed by atoms with van der Waals surface area (Å²) in [4.78, 5) is 14.2. The number of hydrogen-bond donors (Lipinski definition) is 1. The van der Waals surface area contributed by atoms with Gasteiger partial charge in [-0.2, -0.15) is 9.98 Å². The van der Waals surface area contributed by atoms with Crippen molar-refractivity contribution in [2.75, 3.05) is 6.54 Å². The lowest BCUT2D eigenvalue weighted by molar-refractivity contribution is -0.135. The molecule has 7 heteroatoms. The van der Waals surface area contributed by atoms with Crippen LogP contribution in [-0.4, -0.2) is 37.9 Å². The lowest BCUT2D eigenvalue weighted by atomic mass is 10.0.